The molecule has 0 bridgehead atoms. The van der Waals surface area contributed by atoms with Gasteiger partial charge in [0, 0.05) is 0 Å². The van der Waals surface area contributed by atoms with E-state index in [-0.39, 0.29) is 24.0 Å². The van der Waals surface area contributed by atoms with Crippen molar-refractivity contribution in [2.24, 2.45) is 0 Å². The van der Waals surface area contributed by atoms with Gasteiger partial charge in [-0.15, -0.1) is 0 Å². The lowest BCUT2D eigenvalue weighted by Gasteiger charge is -2.12. The van der Waals surface area contributed by atoms with Crippen LogP contribution in [0, 0.1) is 0 Å². The molecule has 0 radical (unpaired) electrons. The molecule has 1 saturated heterocycles. The molecule has 2 aromatic heterocycles. The average molecular weight is 456 g/mol. The zero-order valence-electron chi connectivity index (χ0n) is 16.4. The highest BCUT2D eigenvalue weighted by Gasteiger charge is 2.32. The average Bonchev–Trinajstić information content (AvgIpc) is 3.50. The summed E-state index contributed by atoms with van der Waals surface area (Å²) in [6, 6.07) is 11.7. The molecule has 7 nitrogen and oxygen atoms in total. The molecule has 1 aliphatic heterocycles. The summed E-state index contributed by atoms with van der Waals surface area (Å²) in [6.45, 7) is 2.48. The number of esters is 1. The summed E-state index contributed by atoms with van der Waals surface area (Å²) in [7, 11) is 0. The Morgan fingerprint density at radius 3 is 2.68 bits per heavy atom. The van der Waals surface area contributed by atoms with Crippen LogP contribution in [0.5, 0.6) is 11.5 Å². The van der Waals surface area contributed by atoms with E-state index < -0.39 is 5.97 Å². The van der Waals surface area contributed by atoms with E-state index >= 15 is 0 Å². The van der Waals surface area contributed by atoms with Crippen LogP contribution in [0.4, 0.5) is 0 Å². The minimum Gasteiger partial charge on any atom is -0.490 e. The summed E-state index contributed by atoms with van der Waals surface area (Å²) in [6.07, 6.45) is 4.67. The number of amides is 1. The minimum atomic E-state index is -0.627. The maximum absolute atomic E-state index is 12.8. The van der Waals surface area contributed by atoms with E-state index in [0.717, 1.165) is 0 Å². The normalized spacial score (nSPS) is 15.0. The Kier molecular flexibility index (Phi) is 6.24. The molecule has 4 rings (SSSR count). The van der Waals surface area contributed by atoms with Gasteiger partial charge in [-0.2, -0.15) is 0 Å². The first-order valence-corrected chi connectivity index (χ1v) is 10.6. The molecule has 0 atom stereocenters. The van der Waals surface area contributed by atoms with E-state index in [4.69, 9.17) is 30.5 Å². The lowest BCUT2D eigenvalue weighted by molar-refractivity contribution is -0.122. The fourth-order valence-corrected chi connectivity index (χ4v) is 4.11. The van der Waals surface area contributed by atoms with Crippen LogP contribution in [0.1, 0.15) is 28.8 Å². The summed E-state index contributed by atoms with van der Waals surface area (Å²) in [4.78, 5) is 27.0. The molecule has 3 heterocycles. The quantitative estimate of drug-likeness (QED) is 0.216. The lowest BCUT2D eigenvalue weighted by atomic mass is 10.2. The van der Waals surface area contributed by atoms with Gasteiger partial charge in [0.1, 0.15) is 10.1 Å². The SMILES string of the molecule is CCOc1cc(/C=C2\SC(=S)N(Cc3ccco3)C2=O)ccc1OC(=O)c1ccco1. The fraction of sp³-hybridized carbons (Fsp3) is 0.136. The van der Waals surface area contributed by atoms with E-state index in [9.17, 15) is 9.59 Å². The molecular formula is C22H17NO6S2. The zero-order chi connectivity index (χ0) is 21.8. The van der Waals surface area contributed by atoms with Gasteiger partial charge in [-0.1, -0.05) is 30.0 Å². The van der Waals surface area contributed by atoms with Crippen molar-refractivity contribution in [1.29, 1.82) is 0 Å². The predicted octanol–water partition coefficient (Wildman–Crippen LogP) is 4.89. The Morgan fingerprint density at radius 2 is 1.97 bits per heavy atom. The first kappa shape index (κ1) is 21.0. The highest BCUT2D eigenvalue weighted by Crippen LogP contribution is 2.35. The molecule has 0 aliphatic carbocycles. The molecule has 1 aromatic carbocycles. The Balaban J connectivity index is 1.54. The number of hydrogen-bond donors (Lipinski definition) is 0. The van der Waals surface area contributed by atoms with Crippen molar-refractivity contribution in [3.8, 4) is 11.5 Å². The van der Waals surface area contributed by atoms with Crippen LogP contribution < -0.4 is 9.47 Å². The number of furan rings is 2. The molecule has 1 fully saturated rings. The molecular weight excluding hydrogens is 438 g/mol. The van der Waals surface area contributed by atoms with Crippen LogP contribution in [0.25, 0.3) is 6.08 Å². The monoisotopic (exact) mass is 455 g/mol. The Labute approximate surface area is 187 Å². The van der Waals surface area contributed by atoms with Crippen molar-refractivity contribution >= 4 is 46.3 Å². The first-order chi connectivity index (χ1) is 15.0. The van der Waals surface area contributed by atoms with E-state index in [2.05, 4.69) is 0 Å². The van der Waals surface area contributed by atoms with Crippen molar-refractivity contribution in [3.05, 3.63) is 77.0 Å². The Morgan fingerprint density at radius 1 is 1.16 bits per heavy atom. The van der Waals surface area contributed by atoms with Gasteiger partial charge in [0.05, 0.1) is 30.6 Å². The zero-order valence-corrected chi connectivity index (χ0v) is 18.0. The Bertz CT molecular complexity index is 1130. The summed E-state index contributed by atoms with van der Waals surface area (Å²) < 4.78 is 21.8. The van der Waals surface area contributed by atoms with Gasteiger partial charge in [0.2, 0.25) is 5.76 Å². The molecule has 1 aliphatic rings. The van der Waals surface area contributed by atoms with Gasteiger partial charge in [-0.25, -0.2) is 4.79 Å². The number of benzene rings is 1. The van der Waals surface area contributed by atoms with Crippen LogP contribution in [0.15, 0.2) is 68.7 Å². The third-order valence-electron chi connectivity index (χ3n) is 4.26. The number of carbonyl (C=O) groups excluding carboxylic acids is 2. The number of nitrogens with zero attached hydrogens (tertiary/aromatic N) is 1. The first-order valence-electron chi connectivity index (χ1n) is 9.35. The third kappa shape index (κ3) is 4.73. The summed E-state index contributed by atoms with van der Waals surface area (Å²) in [5.41, 5.74) is 0.708. The topological polar surface area (TPSA) is 82.1 Å². The molecule has 0 spiro atoms. The maximum atomic E-state index is 12.8. The second kappa shape index (κ2) is 9.23. The molecule has 158 valence electrons. The second-order valence-electron chi connectivity index (χ2n) is 6.35. The molecule has 3 aromatic rings. The molecule has 0 unspecified atom stereocenters. The van der Waals surface area contributed by atoms with Crippen molar-refractivity contribution < 1.29 is 27.9 Å². The van der Waals surface area contributed by atoms with Crippen LogP contribution >= 0.6 is 24.0 Å². The van der Waals surface area contributed by atoms with Crippen LogP contribution in [-0.4, -0.2) is 27.7 Å². The minimum absolute atomic E-state index is 0.0896. The van der Waals surface area contributed by atoms with Gasteiger partial charge in [0.15, 0.2) is 11.5 Å². The van der Waals surface area contributed by atoms with Crippen molar-refractivity contribution in [2.75, 3.05) is 6.61 Å². The molecule has 0 N–H and O–H groups in total. The van der Waals surface area contributed by atoms with E-state index in [1.54, 1.807) is 48.7 Å². The number of carbonyl (C=O) groups is 2. The standard InChI is InChI=1S/C22H17NO6S2/c1-2-26-18-11-14(7-8-16(18)29-21(25)17-6-4-10-28-17)12-19-20(24)23(22(30)31-19)13-15-5-3-9-27-15/h3-12H,2,13H2,1H3/b19-12-. The highest BCUT2D eigenvalue weighted by atomic mass is 32.2. The van der Waals surface area contributed by atoms with Gasteiger partial charge < -0.3 is 18.3 Å². The number of thioether (sulfide) groups is 1. The molecule has 0 saturated carbocycles. The lowest BCUT2D eigenvalue weighted by Crippen LogP contribution is -2.27. The van der Waals surface area contributed by atoms with Crippen molar-refractivity contribution in [2.45, 2.75) is 13.5 Å². The number of rotatable bonds is 7. The number of thiocarbonyl (C=S) groups is 1. The molecule has 1 amide bonds. The molecule has 9 heteroatoms. The third-order valence-corrected chi connectivity index (χ3v) is 5.64. The number of ether oxygens (including phenoxy) is 2. The van der Waals surface area contributed by atoms with Crippen LogP contribution in [0.3, 0.4) is 0 Å². The largest absolute Gasteiger partial charge is 0.490 e. The van der Waals surface area contributed by atoms with Crippen molar-refractivity contribution in [3.63, 3.8) is 0 Å². The summed E-state index contributed by atoms with van der Waals surface area (Å²) >= 11 is 6.57. The second-order valence-corrected chi connectivity index (χ2v) is 8.03. The van der Waals surface area contributed by atoms with Crippen molar-refractivity contribution in [1.82, 2.24) is 4.90 Å². The Hall–Kier alpha value is -3.30. The molecule has 31 heavy (non-hydrogen) atoms. The summed E-state index contributed by atoms with van der Waals surface area (Å²) in [5.74, 6) is 0.550. The van der Waals surface area contributed by atoms with Gasteiger partial charge in [-0.3, -0.25) is 9.69 Å². The highest BCUT2D eigenvalue weighted by molar-refractivity contribution is 8.26. The van der Waals surface area contributed by atoms with E-state index in [0.29, 0.717) is 32.9 Å². The predicted molar refractivity (Wildman–Crippen MR) is 119 cm³/mol. The van der Waals surface area contributed by atoms with E-state index in [1.165, 1.54) is 29.0 Å². The van der Waals surface area contributed by atoms with Crippen LogP contribution in [-0.2, 0) is 11.3 Å². The summed E-state index contributed by atoms with van der Waals surface area (Å²) in [5, 5.41) is 0. The number of hydrogen-bond acceptors (Lipinski definition) is 8. The van der Waals surface area contributed by atoms with Gasteiger partial charge >= 0.3 is 5.97 Å². The van der Waals surface area contributed by atoms with E-state index in [1.807, 2.05) is 6.92 Å². The smallest absolute Gasteiger partial charge is 0.379 e. The van der Waals surface area contributed by atoms with Gasteiger partial charge in [0.25, 0.3) is 5.91 Å². The van der Waals surface area contributed by atoms with Crippen LogP contribution in [0.2, 0.25) is 0 Å². The maximum Gasteiger partial charge on any atom is 0.379 e. The van der Waals surface area contributed by atoms with Gasteiger partial charge in [-0.05, 0) is 55.0 Å². The fourth-order valence-electron chi connectivity index (χ4n) is 2.86.